The van der Waals surface area contributed by atoms with E-state index in [1.165, 1.54) is 11.1 Å². The molecular weight excluding hydrogens is 248 g/mol. The maximum atomic E-state index is 6.37. The van der Waals surface area contributed by atoms with Gasteiger partial charge in [-0.1, -0.05) is 31.2 Å². The van der Waals surface area contributed by atoms with Crippen molar-refractivity contribution in [3.05, 3.63) is 35.4 Å². The minimum Gasteiger partial charge on any atom is -0.377 e. The molecule has 0 heterocycles. The maximum Gasteiger partial charge on any atom is 0.0597 e. The molecule has 0 aliphatic heterocycles. The molecule has 2 N–H and O–H groups in total. The van der Waals surface area contributed by atoms with Crippen molar-refractivity contribution in [3.8, 4) is 0 Å². The normalized spacial score (nSPS) is 14.8. The summed E-state index contributed by atoms with van der Waals surface area (Å²) in [4.78, 5) is 2.32. The Balaban J connectivity index is 2.82. The third kappa shape index (κ3) is 4.89. The van der Waals surface area contributed by atoms with Crippen molar-refractivity contribution >= 4 is 0 Å². The van der Waals surface area contributed by atoms with Crippen LogP contribution in [0, 0.1) is 6.92 Å². The number of likely N-dealkylation sites (N-methyl/N-ethyl adjacent to an activating group) is 1. The Morgan fingerprint density at radius 1 is 1.25 bits per heavy atom. The van der Waals surface area contributed by atoms with Crippen LogP contribution in [0.1, 0.15) is 44.4 Å². The summed E-state index contributed by atoms with van der Waals surface area (Å²) in [7, 11) is 2.14. The largest absolute Gasteiger partial charge is 0.377 e. The van der Waals surface area contributed by atoms with E-state index in [1.807, 2.05) is 0 Å². The summed E-state index contributed by atoms with van der Waals surface area (Å²) >= 11 is 0. The van der Waals surface area contributed by atoms with Crippen molar-refractivity contribution in [1.82, 2.24) is 4.90 Å². The first-order valence-electron chi connectivity index (χ1n) is 7.60. The molecule has 1 rings (SSSR count). The monoisotopic (exact) mass is 278 g/mol. The predicted molar refractivity (Wildman–Crippen MR) is 85.9 cm³/mol. The van der Waals surface area contributed by atoms with E-state index >= 15 is 0 Å². The highest BCUT2D eigenvalue weighted by molar-refractivity contribution is 5.29. The molecule has 0 aromatic heterocycles. The summed E-state index contributed by atoms with van der Waals surface area (Å²) in [5.74, 6) is 0. The molecule has 0 saturated heterocycles. The van der Waals surface area contributed by atoms with Gasteiger partial charge in [-0.3, -0.25) is 4.90 Å². The van der Waals surface area contributed by atoms with Crippen molar-refractivity contribution in [2.75, 3.05) is 20.2 Å². The van der Waals surface area contributed by atoms with E-state index in [9.17, 15) is 0 Å². The molecular formula is C17H30N2O. The van der Waals surface area contributed by atoms with E-state index in [-0.39, 0.29) is 18.2 Å². The van der Waals surface area contributed by atoms with Gasteiger partial charge in [0.05, 0.1) is 12.7 Å². The molecule has 114 valence electrons. The second-order valence-electron chi connectivity index (χ2n) is 5.77. The highest BCUT2D eigenvalue weighted by Gasteiger charge is 2.24. The van der Waals surface area contributed by atoms with Crippen LogP contribution >= 0.6 is 0 Å². The first-order chi connectivity index (χ1) is 9.47. The number of nitrogens with zero attached hydrogens (tertiary/aromatic N) is 1. The summed E-state index contributed by atoms with van der Waals surface area (Å²) in [5.41, 5.74) is 9.00. The minimum absolute atomic E-state index is 0.139. The molecule has 0 radical (unpaired) electrons. The molecule has 0 spiro atoms. The molecule has 2 unspecified atom stereocenters. The van der Waals surface area contributed by atoms with E-state index < -0.39 is 0 Å². The Bertz CT molecular complexity index is 392. The zero-order chi connectivity index (χ0) is 15.1. The summed E-state index contributed by atoms with van der Waals surface area (Å²) in [5, 5.41) is 0. The smallest absolute Gasteiger partial charge is 0.0597 e. The van der Waals surface area contributed by atoms with Crippen LogP contribution in [-0.2, 0) is 4.74 Å². The van der Waals surface area contributed by atoms with E-state index in [1.54, 1.807) is 0 Å². The number of nitrogens with two attached hydrogens (primary N) is 1. The molecule has 3 nitrogen and oxygen atoms in total. The van der Waals surface area contributed by atoms with E-state index in [0.717, 1.165) is 19.6 Å². The summed E-state index contributed by atoms with van der Waals surface area (Å²) in [6.45, 7) is 10.1. The molecule has 1 aromatic rings. The van der Waals surface area contributed by atoms with Gasteiger partial charge in [0.15, 0.2) is 0 Å². The van der Waals surface area contributed by atoms with Gasteiger partial charge < -0.3 is 10.5 Å². The van der Waals surface area contributed by atoms with Gasteiger partial charge in [-0.15, -0.1) is 0 Å². The highest BCUT2D eigenvalue weighted by Crippen LogP contribution is 2.26. The Hall–Kier alpha value is -0.900. The zero-order valence-electron chi connectivity index (χ0n) is 13.6. The number of ether oxygens (including phenoxy) is 1. The van der Waals surface area contributed by atoms with Crippen LogP contribution < -0.4 is 5.73 Å². The molecule has 2 atom stereocenters. The lowest BCUT2D eigenvalue weighted by atomic mass is 9.93. The van der Waals surface area contributed by atoms with Gasteiger partial charge in [0.1, 0.15) is 0 Å². The Labute approximate surface area is 124 Å². The van der Waals surface area contributed by atoms with Crippen LogP contribution in [0.3, 0.4) is 0 Å². The molecule has 0 fully saturated rings. The van der Waals surface area contributed by atoms with Crippen molar-refractivity contribution in [1.29, 1.82) is 0 Å². The molecule has 0 saturated carbocycles. The predicted octanol–water partition coefficient (Wildman–Crippen LogP) is 3.13. The molecule has 0 amide bonds. The van der Waals surface area contributed by atoms with Gasteiger partial charge >= 0.3 is 0 Å². The van der Waals surface area contributed by atoms with Crippen LogP contribution in [0.25, 0.3) is 0 Å². The standard InChI is InChI=1S/C17H30N2O/c1-6-16(18)17(15-10-8-7-9-14(15)4)19(5)11-12-20-13(2)3/h7-10,13,16-17H,6,11-12,18H2,1-5H3. The lowest BCUT2D eigenvalue weighted by Crippen LogP contribution is -2.40. The van der Waals surface area contributed by atoms with Crippen LogP contribution in [0.2, 0.25) is 0 Å². The average molecular weight is 278 g/mol. The Kier molecular flexibility index (Phi) is 7.20. The van der Waals surface area contributed by atoms with Crippen LogP contribution in [0.15, 0.2) is 24.3 Å². The SMILES string of the molecule is CCC(N)C(c1ccccc1C)N(C)CCOC(C)C. The van der Waals surface area contributed by atoms with Gasteiger partial charge in [0.2, 0.25) is 0 Å². The fourth-order valence-electron chi connectivity index (χ4n) is 2.51. The number of hydrogen-bond acceptors (Lipinski definition) is 3. The minimum atomic E-state index is 0.139. The summed E-state index contributed by atoms with van der Waals surface area (Å²) in [6, 6.07) is 8.90. The topological polar surface area (TPSA) is 38.5 Å². The van der Waals surface area contributed by atoms with Crippen molar-refractivity contribution in [2.45, 2.75) is 52.3 Å². The van der Waals surface area contributed by atoms with E-state index in [0.29, 0.717) is 0 Å². The third-order valence-electron chi connectivity index (χ3n) is 3.75. The molecule has 3 heteroatoms. The average Bonchev–Trinajstić information content (AvgIpc) is 2.40. The fraction of sp³-hybridized carbons (Fsp3) is 0.647. The summed E-state index contributed by atoms with van der Waals surface area (Å²) in [6.07, 6.45) is 1.24. The van der Waals surface area contributed by atoms with E-state index in [4.69, 9.17) is 10.5 Å². The fourth-order valence-corrected chi connectivity index (χ4v) is 2.51. The molecule has 0 bridgehead atoms. The van der Waals surface area contributed by atoms with Crippen LogP contribution in [0.5, 0.6) is 0 Å². The Morgan fingerprint density at radius 3 is 2.45 bits per heavy atom. The Morgan fingerprint density at radius 2 is 1.90 bits per heavy atom. The van der Waals surface area contributed by atoms with Gasteiger partial charge in [0.25, 0.3) is 0 Å². The first-order valence-corrected chi connectivity index (χ1v) is 7.60. The van der Waals surface area contributed by atoms with Crippen LogP contribution in [0.4, 0.5) is 0 Å². The zero-order valence-corrected chi connectivity index (χ0v) is 13.6. The first kappa shape index (κ1) is 17.2. The molecule has 0 aliphatic carbocycles. The second kappa shape index (κ2) is 8.40. The number of hydrogen-bond donors (Lipinski definition) is 1. The molecule has 20 heavy (non-hydrogen) atoms. The van der Waals surface area contributed by atoms with Gasteiger partial charge in [-0.25, -0.2) is 0 Å². The van der Waals surface area contributed by atoms with Gasteiger partial charge in [-0.2, -0.15) is 0 Å². The van der Waals surface area contributed by atoms with Crippen LogP contribution in [-0.4, -0.2) is 37.2 Å². The highest BCUT2D eigenvalue weighted by atomic mass is 16.5. The number of rotatable bonds is 8. The molecule has 0 aliphatic rings. The van der Waals surface area contributed by atoms with Gasteiger partial charge in [-0.05, 0) is 45.4 Å². The quantitative estimate of drug-likeness (QED) is 0.794. The van der Waals surface area contributed by atoms with Gasteiger partial charge in [0, 0.05) is 18.6 Å². The van der Waals surface area contributed by atoms with Crippen molar-refractivity contribution in [3.63, 3.8) is 0 Å². The lowest BCUT2D eigenvalue weighted by molar-refractivity contribution is 0.0526. The van der Waals surface area contributed by atoms with Crippen molar-refractivity contribution in [2.24, 2.45) is 5.73 Å². The van der Waals surface area contributed by atoms with Crippen molar-refractivity contribution < 1.29 is 4.74 Å². The third-order valence-corrected chi connectivity index (χ3v) is 3.75. The summed E-state index contributed by atoms with van der Waals surface area (Å²) < 4.78 is 5.66. The number of aryl methyl sites for hydroxylation is 1. The van der Waals surface area contributed by atoms with E-state index in [2.05, 4.69) is 63.9 Å². The maximum absolute atomic E-state index is 6.37. The molecule has 1 aromatic carbocycles. The number of benzene rings is 1. The second-order valence-corrected chi connectivity index (χ2v) is 5.77. The lowest BCUT2D eigenvalue weighted by Gasteiger charge is -2.33.